The van der Waals surface area contributed by atoms with Gasteiger partial charge in [-0.2, -0.15) is 0 Å². The molecule has 0 aliphatic rings. The number of nitrogens with zero attached hydrogens (tertiary/aromatic N) is 1. The summed E-state index contributed by atoms with van der Waals surface area (Å²) in [6.07, 6.45) is 0. The van der Waals surface area contributed by atoms with E-state index in [0.717, 1.165) is 5.39 Å². The molecule has 2 rings (SSSR count). The van der Waals surface area contributed by atoms with E-state index in [2.05, 4.69) is 26.2 Å². The minimum absolute atomic E-state index is 0.00211. The number of carboxylic acids is 1. The first kappa shape index (κ1) is 12.6. The third kappa shape index (κ3) is 2.11. The summed E-state index contributed by atoms with van der Waals surface area (Å²) in [6, 6.07) is 5.06. The smallest absolute Gasteiger partial charge is 0.354 e. The van der Waals surface area contributed by atoms with Gasteiger partial charge in [0.2, 0.25) is 0 Å². The predicted molar refractivity (Wildman–Crippen MR) is 72.5 cm³/mol. The van der Waals surface area contributed by atoms with Crippen molar-refractivity contribution in [3.05, 3.63) is 28.4 Å². The van der Waals surface area contributed by atoms with E-state index in [0.29, 0.717) is 21.4 Å². The Labute approximate surface area is 112 Å². The van der Waals surface area contributed by atoms with E-state index in [1.165, 1.54) is 6.07 Å². The Morgan fingerprint density at radius 3 is 2.72 bits per heavy atom. The number of carboxylic acid groups (broad SMARTS) is 1. The molecule has 2 N–H and O–H groups in total. The monoisotopic (exact) mass is 310 g/mol. The van der Waals surface area contributed by atoms with E-state index in [1.54, 1.807) is 20.2 Å². The van der Waals surface area contributed by atoms with Crippen LogP contribution in [0.15, 0.2) is 22.7 Å². The number of benzene rings is 1. The molecule has 0 aliphatic carbocycles. The molecule has 6 heteroatoms. The summed E-state index contributed by atoms with van der Waals surface area (Å²) >= 11 is 3.37. The van der Waals surface area contributed by atoms with Gasteiger partial charge in [0, 0.05) is 22.6 Å². The Morgan fingerprint density at radius 2 is 2.17 bits per heavy atom. The van der Waals surface area contributed by atoms with Gasteiger partial charge in [0.25, 0.3) is 0 Å². The zero-order valence-electron chi connectivity index (χ0n) is 9.82. The molecule has 0 atom stereocenters. The summed E-state index contributed by atoms with van der Waals surface area (Å²) in [6.45, 7) is 0. The molecule has 0 aliphatic heterocycles. The lowest BCUT2D eigenvalue weighted by atomic mass is 10.1. The maximum atomic E-state index is 11.0. The summed E-state index contributed by atoms with van der Waals surface area (Å²) in [4.78, 5) is 15.1. The van der Waals surface area contributed by atoms with Gasteiger partial charge in [-0.1, -0.05) is 0 Å². The molecule has 18 heavy (non-hydrogen) atoms. The van der Waals surface area contributed by atoms with Crippen LogP contribution < -0.4 is 10.1 Å². The second-order valence-electron chi connectivity index (χ2n) is 3.62. The Morgan fingerprint density at radius 1 is 1.44 bits per heavy atom. The predicted octanol–water partition coefficient (Wildman–Crippen LogP) is 2.75. The number of hydrogen-bond acceptors (Lipinski definition) is 4. The SMILES string of the molecule is CNc1cc(C(=O)O)nc2c(Br)cc(OC)cc12. The van der Waals surface area contributed by atoms with Gasteiger partial charge in [0.1, 0.15) is 5.75 Å². The minimum Gasteiger partial charge on any atom is -0.497 e. The fourth-order valence-electron chi connectivity index (χ4n) is 1.69. The lowest BCUT2D eigenvalue weighted by Gasteiger charge is -2.10. The van der Waals surface area contributed by atoms with Gasteiger partial charge in [0.15, 0.2) is 5.69 Å². The number of rotatable bonds is 3. The van der Waals surface area contributed by atoms with Crippen molar-refractivity contribution < 1.29 is 14.6 Å². The van der Waals surface area contributed by atoms with Crippen LogP contribution in [0.3, 0.4) is 0 Å². The summed E-state index contributed by atoms with van der Waals surface area (Å²) in [7, 11) is 3.31. The van der Waals surface area contributed by atoms with Gasteiger partial charge in [-0.3, -0.25) is 0 Å². The van der Waals surface area contributed by atoms with Crippen LogP contribution in [-0.4, -0.2) is 30.2 Å². The summed E-state index contributed by atoms with van der Waals surface area (Å²) in [5.74, 6) is -0.383. The van der Waals surface area contributed by atoms with Crippen molar-refractivity contribution in [2.24, 2.45) is 0 Å². The quantitative estimate of drug-likeness (QED) is 0.912. The largest absolute Gasteiger partial charge is 0.497 e. The molecule has 2 aromatic rings. The molecule has 1 aromatic heterocycles. The van der Waals surface area contributed by atoms with Gasteiger partial charge in [-0.25, -0.2) is 9.78 Å². The molecule has 0 spiro atoms. The second-order valence-corrected chi connectivity index (χ2v) is 4.47. The molecule has 0 fully saturated rings. The molecule has 0 unspecified atom stereocenters. The normalized spacial score (nSPS) is 10.4. The number of anilines is 1. The number of hydrogen-bond donors (Lipinski definition) is 2. The number of fused-ring (bicyclic) bond motifs is 1. The van der Waals surface area contributed by atoms with Crippen molar-refractivity contribution in [3.63, 3.8) is 0 Å². The van der Waals surface area contributed by atoms with Crippen LogP contribution in [0.1, 0.15) is 10.5 Å². The zero-order chi connectivity index (χ0) is 13.3. The van der Waals surface area contributed by atoms with Gasteiger partial charge in [-0.15, -0.1) is 0 Å². The number of methoxy groups -OCH3 is 1. The van der Waals surface area contributed by atoms with Gasteiger partial charge < -0.3 is 15.2 Å². The van der Waals surface area contributed by atoms with Gasteiger partial charge in [0.05, 0.1) is 12.6 Å². The number of ether oxygens (including phenoxy) is 1. The zero-order valence-corrected chi connectivity index (χ0v) is 11.4. The molecule has 0 amide bonds. The highest BCUT2D eigenvalue weighted by Crippen LogP contribution is 2.33. The number of nitrogens with one attached hydrogen (secondary N) is 1. The molecule has 0 saturated heterocycles. The van der Waals surface area contributed by atoms with Crippen LogP contribution in [0.25, 0.3) is 10.9 Å². The standard InChI is InChI=1S/C12H11BrN2O3/c1-14-9-5-10(12(16)17)15-11-7(9)3-6(18-2)4-8(11)13/h3-5H,1-2H3,(H,14,15)(H,16,17). The molecule has 0 bridgehead atoms. The highest BCUT2D eigenvalue weighted by atomic mass is 79.9. The third-order valence-corrected chi connectivity index (χ3v) is 3.17. The van der Waals surface area contributed by atoms with Crippen LogP contribution in [-0.2, 0) is 0 Å². The van der Waals surface area contributed by atoms with Crippen LogP contribution >= 0.6 is 15.9 Å². The van der Waals surface area contributed by atoms with Crippen LogP contribution in [0, 0.1) is 0 Å². The number of aromatic nitrogens is 1. The summed E-state index contributed by atoms with van der Waals surface area (Å²) in [5, 5.41) is 12.8. The number of carbonyl (C=O) groups is 1. The molecule has 94 valence electrons. The van der Waals surface area contributed by atoms with Gasteiger partial charge >= 0.3 is 5.97 Å². The van der Waals surface area contributed by atoms with E-state index in [9.17, 15) is 4.79 Å². The lowest BCUT2D eigenvalue weighted by Crippen LogP contribution is -2.03. The molecule has 1 heterocycles. The van der Waals surface area contributed by atoms with Crippen LogP contribution in [0.4, 0.5) is 5.69 Å². The average molecular weight is 311 g/mol. The highest BCUT2D eigenvalue weighted by molar-refractivity contribution is 9.10. The van der Waals surface area contributed by atoms with Crippen molar-refractivity contribution >= 4 is 38.5 Å². The van der Waals surface area contributed by atoms with Crippen molar-refractivity contribution in [2.45, 2.75) is 0 Å². The molecule has 0 radical (unpaired) electrons. The van der Waals surface area contributed by atoms with Crippen LogP contribution in [0.2, 0.25) is 0 Å². The van der Waals surface area contributed by atoms with E-state index >= 15 is 0 Å². The van der Waals surface area contributed by atoms with Crippen LogP contribution in [0.5, 0.6) is 5.75 Å². The number of pyridine rings is 1. The first-order valence-corrected chi connectivity index (χ1v) is 5.95. The lowest BCUT2D eigenvalue weighted by molar-refractivity contribution is 0.0691. The Hall–Kier alpha value is -1.82. The second kappa shape index (κ2) is 4.81. The van der Waals surface area contributed by atoms with E-state index in [1.807, 2.05) is 6.07 Å². The molecular weight excluding hydrogens is 300 g/mol. The third-order valence-electron chi connectivity index (χ3n) is 2.56. The summed E-state index contributed by atoms with van der Waals surface area (Å²) < 4.78 is 5.87. The number of aromatic carboxylic acids is 1. The van der Waals surface area contributed by atoms with Crippen molar-refractivity contribution in [1.82, 2.24) is 4.98 Å². The first-order valence-electron chi connectivity index (χ1n) is 5.16. The summed E-state index contributed by atoms with van der Waals surface area (Å²) in [5.41, 5.74) is 1.27. The minimum atomic E-state index is -1.06. The maximum Gasteiger partial charge on any atom is 0.354 e. The Balaban J connectivity index is 2.82. The highest BCUT2D eigenvalue weighted by Gasteiger charge is 2.13. The fourth-order valence-corrected chi connectivity index (χ4v) is 2.22. The van der Waals surface area contributed by atoms with Gasteiger partial charge in [-0.05, 0) is 34.1 Å². The average Bonchev–Trinajstić information content (AvgIpc) is 2.37. The maximum absolute atomic E-state index is 11.0. The van der Waals surface area contributed by atoms with E-state index < -0.39 is 5.97 Å². The van der Waals surface area contributed by atoms with Crippen molar-refractivity contribution in [3.8, 4) is 5.75 Å². The van der Waals surface area contributed by atoms with E-state index in [4.69, 9.17) is 9.84 Å². The molecular formula is C12H11BrN2O3. The van der Waals surface area contributed by atoms with Crippen molar-refractivity contribution in [2.75, 3.05) is 19.5 Å². The Bertz CT molecular complexity index is 628. The fraction of sp³-hybridized carbons (Fsp3) is 0.167. The van der Waals surface area contributed by atoms with Crippen molar-refractivity contribution in [1.29, 1.82) is 0 Å². The number of halogens is 1. The topological polar surface area (TPSA) is 71.5 Å². The molecule has 1 aromatic carbocycles. The molecule has 0 saturated carbocycles. The van der Waals surface area contributed by atoms with E-state index in [-0.39, 0.29) is 5.69 Å². The molecule has 5 nitrogen and oxygen atoms in total. The first-order chi connectivity index (χ1) is 8.56. The Kier molecular flexibility index (Phi) is 3.38.